The van der Waals surface area contributed by atoms with Crippen LogP contribution in [0.3, 0.4) is 0 Å². The van der Waals surface area contributed by atoms with E-state index in [1.165, 1.54) is 6.07 Å². The summed E-state index contributed by atoms with van der Waals surface area (Å²) < 4.78 is 14.2. The number of nitrogens with two attached hydrogens (primary N) is 1. The van der Waals surface area contributed by atoms with Gasteiger partial charge in [-0.05, 0) is 30.2 Å². The highest BCUT2D eigenvalue weighted by Crippen LogP contribution is 2.17. The van der Waals surface area contributed by atoms with Gasteiger partial charge in [0.25, 0.3) is 0 Å². The zero-order valence-electron chi connectivity index (χ0n) is 9.88. The molecule has 0 spiro atoms. The minimum absolute atomic E-state index is 0.0656. The van der Waals surface area contributed by atoms with Gasteiger partial charge in [-0.25, -0.2) is 4.39 Å². The highest BCUT2D eigenvalue weighted by atomic mass is 79.9. The van der Waals surface area contributed by atoms with Crippen molar-refractivity contribution < 1.29 is 9.18 Å². The summed E-state index contributed by atoms with van der Waals surface area (Å²) in [5.74, 6) is -0.459. The average molecular weight is 302 g/mol. The molecule has 0 aliphatic carbocycles. The van der Waals surface area contributed by atoms with Crippen molar-refractivity contribution in [3.63, 3.8) is 0 Å². The van der Waals surface area contributed by atoms with Gasteiger partial charge < -0.3 is 5.73 Å². The molecule has 4 heteroatoms. The van der Waals surface area contributed by atoms with Crippen molar-refractivity contribution in [1.29, 1.82) is 0 Å². The number of hydrogen-bond donors (Lipinski definition) is 1. The number of carbonyl (C=O) groups is 1. The number of halogens is 2. The fourth-order valence-electron chi connectivity index (χ4n) is 1.58. The Bertz CT molecular complexity index is 395. The summed E-state index contributed by atoms with van der Waals surface area (Å²) in [5.41, 5.74) is 6.15. The van der Waals surface area contributed by atoms with E-state index in [0.717, 1.165) is 17.3 Å². The van der Waals surface area contributed by atoms with Crippen molar-refractivity contribution in [1.82, 2.24) is 0 Å². The molecule has 0 radical (unpaired) electrons. The van der Waals surface area contributed by atoms with E-state index in [4.69, 9.17) is 5.73 Å². The molecule has 0 amide bonds. The lowest BCUT2D eigenvalue weighted by atomic mass is 10.00. The third-order valence-electron chi connectivity index (χ3n) is 2.65. The van der Waals surface area contributed by atoms with E-state index < -0.39 is 6.04 Å². The minimum Gasteiger partial charge on any atom is -0.321 e. The standard InChI is InChI=1S/C13H17BrFNO/c1-2-3-4-12(16)13(17)8-9-7-10(14)5-6-11(9)15/h5-7,12H,2-4,8,16H2,1H3. The lowest BCUT2D eigenvalue weighted by molar-refractivity contribution is -0.119. The van der Waals surface area contributed by atoms with E-state index in [9.17, 15) is 9.18 Å². The van der Waals surface area contributed by atoms with Crippen LogP contribution in [0.1, 0.15) is 31.7 Å². The van der Waals surface area contributed by atoms with Gasteiger partial charge in [-0.2, -0.15) is 0 Å². The Balaban J connectivity index is 2.64. The van der Waals surface area contributed by atoms with Gasteiger partial charge in [-0.1, -0.05) is 35.7 Å². The summed E-state index contributed by atoms with van der Waals surface area (Å²) in [4.78, 5) is 11.8. The number of unbranched alkanes of at least 4 members (excludes halogenated alkanes) is 1. The van der Waals surface area contributed by atoms with Gasteiger partial charge in [0.05, 0.1) is 6.04 Å². The molecule has 94 valence electrons. The Kier molecular flexibility index (Phi) is 5.78. The van der Waals surface area contributed by atoms with Crippen molar-refractivity contribution in [2.24, 2.45) is 5.73 Å². The number of benzene rings is 1. The molecule has 1 aromatic rings. The van der Waals surface area contributed by atoms with E-state index >= 15 is 0 Å². The summed E-state index contributed by atoms with van der Waals surface area (Å²) in [6.45, 7) is 2.05. The van der Waals surface area contributed by atoms with Gasteiger partial charge in [0.1, 0.15) is 5.82 Å². The van der Waals surface area contributed by atoms with E-state index in [-0.39, 0.29) is 18.0 Å². The van der Waals surface area contributed by atoms with Crippen molar-refractivity contribution in [2.75, 3.05) is 0 Å². The fourth-order valence-corrected chi connectivity index (χ4v) is 1.99. The molecule has 0 aliphatic rings. The van der Waals surface area contributed by atoms with Gasteiger partial charge in [-0.3, -0.25) is 4.79 Å². The maximum atomic E-state index is 13.4. The van der Waals surface area contributed by atoms with Gasteiger partial charge in [0.2, 0.25) is 0 Å². The van der Waals surface area contributed by atoms with Crippen molar-refractivity contribution >= 4 is 21.7 Å². The molecule has 2 N–H and O–H groups in total. The predicted octanol–water partition coefficient (Wildman–Crippen LogP) is 3.22. The molecule has 1 rings (SSSR count). The normalized spacial score (nSPS) is 12.5. The number of rotatable bonds is 6. The summed E-state index contributed by atoms with van der Waals surface area (Å²) in [5, 5.41) is 0. The van der Waals surface area contributed by atoms with E-state index in [1.807, 2.05) is 6.92 Å². The van der Waals surface area contributed by atoms with Gasteiger partial charge in [-0.15, -0.1) is 0 Å². The van der Waals surface area contributed by atoms with Gasteiger partial charge in [0.15, 0.2) is 5.78 Å². The lowest BCUT2D eigenvalue weighted by Crippen LogP contribution is -2.31. The molecule has 0 fully saturated rings. The van der Waals surface area contributed by atoms with Crippen molar-refractivity contribution in [3.05, 3.63) is 34.1 Å². The highest BCUT2D eigenvalue weighted by Gasteiger charge is 2.15. The SMILES string of the molecule is CCCCC(N)C(=O)Cc1cc(Br)ccc1F. The maximum Gasteiger partial charge on any atom is 0.153 e. The first-order valence-electron chi connectivity index (χ1n) is 5.76. The second-order valence-electron chi connectivity index (χ2n) is 4.13. The third-order valence-corrected chi connectivity index (χ3v) is 3.15. The Hall–Kier alpha value is -0.740. The Morgan fingerprint density at radius 2 is 2.24 bits per heavy atom. The third kappa shape index (κ3) is 4.56. The first-order valence-corrected chi connectivity index (χ1v) is 6.56. The topological polar surface area (TPSA) is 43.1 Å². The van der Waals surface area contributed by atoms with E-state index in [2.05, 4.69) is 15.9 Å². The van der Waals surface area contributed by atoms with Crippen LogP contribution in [0.2, 0.25) is 0 Å². The van der Waals surface area contributed by atoms with Crippen LogP contribution in [0.5, 0.6) is 0 Å². The molecule has 1 unspecified atom stereocenters. The highest BCUT2D eigenvalue weighted by molar-refractivity contribution is 9.10. The number of hydrogen-bond acceptors (Lipinski definition) is 2. The lowest BCUT2D eigenvalue weighted by Gasteiger charge is -2.10. The van der Waals surface area contributed by atoms with Crippen LogP contribution >= 0.6 is 15.9 Å². The second-order valence-corrected chi connectivity index (χ2v) is 5.04. The first-order chi connectivity index (χ1) is 8.04. The average Bonchev–Trinajstić information content (AvgIpc) is 2.30. The second kappa shape index (κ2) is 6.87. The minimum atomic E-state index is -0.478. The van der Waals surface area contributed by atoms with Crippen LogP contribution in [-0.4, -0.2) is 11.8 Å². The van der Waals surface area contributed by atoms with Crippen LogP contribution in [0, 0.1) is 5.82 Å². The molecule has 1 aromatic carbocycles. The molecule has 0 aliphatic heterocycles. The molecule has 0 saturated heterocycles. The first kappa shape index (κ1) is 14.3. The zero-order chi connectivity index (χ0) is 12.8. The summed E-state index contributed by atoms with van der Waals surface area (Å²) in [7, 11) is 0. The van der Waals surface area contributed by atoms with Crippen LogP contribution in [0.4, 0.5) is 4.39 Å². The molecule has 0 heterocycles. The molecule has 17 heavy (non-hydrogen) atoms. The van der Waals surface area contributed by atoms with Crippen molar-refractivity contribution in [3.8, 4) is 0 Å². The van der Waals surface area contributed by atoms with E-state index in [0.29, 0.717) is 12.0 Å². The quantitative estimate of drug-likeness (QED) is 0.877. The molecular weight excluding hydrogens is 285 g/mol. The molecular formula is C13H17BrFNO. The predicted molar refractivity (Wildman–Crippen MR) is 70.3 cm³/mol. The molecule has 0 aromatic heterocycles. The fraction of sp³-hybridized carbons (Fsp3) is 0.462. The van der Waals surface area contributed by atoms with Crippen LogP contribution in [0.25, 0.3) is 0 Å². The largest absolute Gasteiger partial charge is 0.321 e. The van der Waals surface area contributed by atoms with Crippen molar-refractivity contribution in [2.45, 2.75) is 38.6 Å². The summed E-state index contributed by atoms with van der Waals surface area (Å²) in [6.07, 6.45) is 2.67. The Morgan fingerprint density at radius 1 is 1.53 bits per heavy atom. The number of carbonyl (C=O) groups excluding carboxylic acids is 1. The smallest absolute Gasteiger partial charge is 0.153 e. The maximum absolute atomic E-state index is 13.4. The van der Waals surface area contributed by atoms with Gasteiger partial charge >= 0.3 is 0 Å². The molecule has 1 atom stereocenters. The van der Waals surface area contributed by atoms with Crippen LogP contribution in [0.15, 0.2) is 22.7 Å². The Morgan fingerprint density at radius 3 is 2.88 bits per heavy atom. The summed E-state index contributed by atoms with van der Waals surface area (Å²) in [6, 6.07) is 4.11. The van der Waals surface area contributed by atoms with Crippen LogP contribution < -0.4 is 5.73 Å². The molecule has 0 saturated carbocycles. The Labute approximate surface area is 110 Å². The monoisotopic (exact) mass is 301 g/mol. The van der Waals surface area contributed by atoms with Crippen LogP contribution in [-0.2, 0) is 11.2 Å². The number of Topliss-reactive ketones (excluding diaryl/α,β-unsaturated/α-hetero) is 1. The van der Waals surface area contributed by atoms with E-state index in [1.54, 1.807) is 12.1 Å². The number of ketones is 1. The molecule has 0 bridgehead atoms. The zero-order valence-corrected chi connectivity index (χ0v) is 11.5. The van der Waals surface area contributed by atoms with Gasteiger partial charge in [0, 0.05) is 10.9 Å². The summed E-state index contributed by atoms with van der Waals surface area (Å²) >= 11 is 3.26. The molecule has 2 nitrogen and oxygen atoms in total.